The Morgan fingerprint density at radius 3 is 2.77 bits per heavy atom. The number of rotatable bonds is 3. The quantitative estimate of drug-likeness (QED) is 0.799. The number of esters is 1. The molecule has 2 heterocycles. The Morgan fingerprint density at radius 2 is 2.14 bits per heavy atom. The van der Waals surface area contributed by atoms with Crippen LogP contribution in [0.25, 0.3) is 0 Å². The number of thioether (sulfide) groups is 1. The molecule has 1 unspecified atom stereocenters. The lowest BCUT2D eigenvalue weighted by atomic mass is 10.2. The summed E-state index contributed by atoms with van der Waals surface area (Å²) >= 11 is 1.50. The second-order valence-electron chi connectivity index (χ2n) is 5.52. The summed E-state index contributed by atoms with van der Waals surface area (Å²) in [5.41, 5.74) is 1.13. The molecule has 1 saturated heterocycles. The number of amidine groups is 1. The van der Waals surface area contributed by atoms with Crippen molar-refractivity contribution < 1.29 is 9.53 Å². The number of hydrogen-bond acceptors (Lipinski definition) is 4. The first-order chi connectivity index (χ1) is 10.6. The van der Waals surface area contributed by atoms with Crippen LogP contribution in [0, 0.1) is 0 Å². The Morgan fingerprint density at radius 1 is 1.36 bits per heavy atom. The van der Waals surface area contributed by atoms with E-state index in [0.29, 0.717) is 6.42 Å². The summed E-state index contributed by atoms with van der Waals surface area (Å²) in [5, 5.41) is 0. The van der Waals surface area contributed by atoms with Gasteiger partial charge in [0.25, 0.3) is 0 Å². The molecule has 22 heavy (non-hydrogen) atoms. The number of hydrogen-bond donors (Lipinski definition) is 0. The van der Waals surface area contributed by atoms with Crippen molar-refractivity contribution in [3.63, 3.8) is 0 Å². The number of aliphatic imine (C=N–C) groups is 1. The van der Waals surface area contributed by atoms with Crippen LogP contribution in [0.2, 0.25) is 0 Å². The van der Waals surface area contributed by atoms with Crippen molar-refractivity contribution in [3.8, 4) is 0 Å². The zero-order valence-corrected chi connectivity index (χ0v) is 13.7. The molecule has 0 N–H and O–H groups in total. The predicted octanol–water partition coefficient (Wildman–Crippen LogP) is 3.60. The largest absolute Gasteiger partial charge is 0.467 e. The molecule has 0 amide bonds. The van der Waals surface area contributed by atoms with Crippen LogP contribution in [0.5, 0.6) is 0 Å². The first kappa shape index (κ1) is 15.2. The van der Waals surface area contributed by atoms with Gasteiger partial charge in [0.1, 0.15) is 5.84 Å². The molecule has 0 saturated carbocycles. The average Bonchev–Trinajstić information content (AvgIpc) is 3.15. The number of nitrogens with zero attached hydrogens (tertiary/aromatic N) is 2. The highest BCUT2D eigenvalue weighted by Crippen LogP contribution is 2.44. The fourth-order valence-electron chi connectivity index (χ4n) is 2.90. The molecule has 1 fully saturated rings. The van der Waals surface area contributed by atoms with Crippen molar-refractivity contribution in [2.24, 2.45) is 4.99 Å². The van der Waals surface area contributed by atoms with Gasteiger partial charge in [0.2, 0.25) is 4.87 Å². The fourth-order valence-corrected chi connectivity index (χ4v) is 4.08. The van der Waals surface area contributed by atoms with Crippen molar-refractivity contribution in [1.29, 1.82) is 0 Å². The van der Waals surface area contributed by atoms with Crippen molar-refractivity contribution in [3.05, 3.63) is 41.3 Å². The molecule has 0 spiro atoms. The van der Waals surface area contributed by atoms with Gasteiger partial charge >= 0.3 is 5.97 Å². The summed E-state index contributed by atoms with van der Waals surface area (Å²) < 4.78 is 5.02. The maximum atomic E-state index is 12.3. The van der Waals surface area contributed by atoms with Gasteiger partial charge in [0.15, 0.2) is 0 Å². The Hall–Kier alpha value is -1.75. The van der Waals surface area contributed by atoms with Gasteiger partial charge in [-0.15, -0.1) is 0 Å². The van der Waals surface area contributed by atoms with Crippen LogP contribution in [0.4, 0.5) is 5.69 Å². The molecule has 3 rings (SSSR count). The van der Waals surface area contributed by atoms with Crippen LogP contribution in [0.15, 0.2) is 46.3 Å². The zero-order chi connectivity index (χ0) is 15.6. The molecule has 2 aliphatic rings. The van der Waals surface area contributed by atoms with E-state index in [4.69, 9.17) is 9.73 Å². The van der Waals surface area contributed by atoms with Crippen molar-refractivity contribution in [2.75, 3.05) is 18.6 Å². The Labute approximate surface area is 135 Å². The van der Waals surface area contributed by atoms with Gasteiger partial charge < -0.3 is 9.64 Å². The Kier molecular flexibility index (Phi) is 4.25. The summed E-state index contributed by atoms with van der Waals surface area (Å²) in [4.78, 5) is 19.7. The number of methoxy groups -OCH3 is 1. The molecule has 4 nitrogen and oxygen atoms in total. The Bertz CT molecular complexity index is 627. The molecule has 1 aromatic rings. The van der Waals surface area contributed by atoms with Gasteiger partial charge in [-0.1, -0.05) is 36.0 Å². The zero-order valence-electron chi connectivity index (χ0n) is 12.9. The molecule has 2 aliphatic heterocycles. The molecular formula is C17H20N2O2S. The molecule has 0 bridgehead atoms. The molecule has 5 heteroatoms. The number of para-hydroxylation sites is 1. The summed E-state index contributed by atoms with van der Waals surface area (Å²) in [6.45, 7) is 2.95. The van der Waals surface area contributed by atoms with Gasteiger partial charge in [0.05, 0.1) is 7.11 Å². The summed E-state index contributed by atoms with van der Waals surface area (Å²) in [7, 11) is 1.43. The van der Waals surface area contributed by atoms with E-state index in [1.54, 1.807) is 0 Å². The number of carbonyl (C=O) groups excluding carboxylic acids is 1. The lowest BCUT2D eigenvalue weighted by molar-refractivity contribution is -0.143. The van der Waals surface area contributed by atoms with E-state index in [9.17, 15) is 4.79 Å². The summed E-state index contributed by atoms with van der Waals surface area (Å²) in [5.74, 6) is 0.713. The second-order valence-corrected chi connectivity index (χ2v) is 7.04. The maximum absolute atomic E-state index is 12.3. The van der Waals surface area contributed by atoms with Gasteiger partial charge in [-0.3, -0.25) is 0 Å². The highest BCUT2D eigenvalue weighted by atomic mass is 32.2. The van der Waals surface area contributed by atoms with Crippen LogP contribution in [-0.4, -0.2) is 30.3 Å². The van der Waals surface area contributed by atoms with E-state index in [-0.39, 0.29) is 5.97 Å². The lowest BCUT2D eigenvalue weighted by Crippen LogP contribution is -2.36. The van der Waals surface area contributed by atoms with E-state index in [0.717, 1.165) is 35.8 Å². The number of benzene rings is 1. The third kappa shape index (κ3) is 2.77. The highest BCUT2D eigenvalue weighted by Gasteiger charge is 2.44. The second kappa shape index (κ2) is 6.16. The topological polar surface area (TPSA) is 41.9 Å². The molecule has 1 atom stereocenters. The average molecular weight is 316 g/mol. The predicted molar refractivity (Wildman–Crippen MR) is 91.2 cm³/mol. The first-order valence-electron chi connectivity index (χ1n) is 7.50. The fraction of sp³-hybridized carbons (Fsp3) is 0.412. The standard InChI is InChI=1S/C17H20N2O2S/c1-13-10-11-17(22-13,16(20)21-2)18-15-9-6-12-19(15)14-7-4-3-5-8-14/h3-5,7-8,10H,6,9,11-12H2,1-2H3. The monoisotopic (exact) mass is 316 g/mol. The number of ether oxygens (including phenoxy) is 1. The van der Waals surface area contributed by atoms with Crippen LogP contribution < -0.4 is 4.90 Å². The number of allylic oxidation sites excluding steroid dienone is 1. The van der Waals surface area contributed by atoms with Crippen molar-refractivity contribution >= 4 is 29.3 Å². The normalized spacial score (nSPS) is 26.4. The summed E-state index contributed by atoms with van der Waals surface area (Å²) in [6.07, 6.45) is 4.62. The third-order valence-corrected chi connectivity index (χ3v) is 5.22. The maximum Gasteiger partial charge on any atom is 0.345 e. The Balaban J connectivity index is 1.93. The van der Waals surface area contributed by atoms with Gasteiger partial charge in [0, 0.05) is 25.1 Å². The van der Waals surface area contributed by atoms with E-state index in [1.807, 2.05) is 25.1 Å². The van der Waals surface area contributed by atoms with Crippen LogP contribution in [0.1, 0.15) is 26.2 Å². The lowest BCUT2D eigenvalue weighted by Gasteiger charge is -2.25. The minimum absolute atomic E-state index is 0.266. The van der Waals surface area contributed by atoms with Gasteiger partial charge in [-0.25, -0.2) is 9.79 Å². The van der Waals surface area contributed by atoms with E-state index in [2.05, 4.69) is 23.1 Å². The van der Waals surface area contributed by atoms with E-state index in [1.165, 1.54) is 18.9 Å². The molecule has 0 radical (unpaired) electrons. The SMILES string of the molecule is COC(=O)C1(N=C2CCCN2c2ccccc2)CC=C(C)S1. The van der Waals surface area contributed by atoms with Crippen LogP contribution in [-0.2, 0) is 9.53 Å². The van der Waals surface area contributed by atoms with Crippen LogP contribution in [0.3, 0.4) is 0 Å². The molecule has 1 aromatic carbocycles. The van der Waals surface area contributed by atoms with E-state index < -0.39 is 4.87 Å². The third-order valence-electron chi connectivity index (χ3n) is 3.97. The van der Waals surface area contributed by atoms with Crippen LogP contribution >= 0.6 is 11.8 Å². The van der Waals surface area contributed by atoms with Gasteiger partial charge in [-0.2, -0.15) is 0 Å². The smallest absolute Gasteiger partial charge is 0.345 e. The van der Waals surface area contributed by atoms with E-state index >= 15 is 0 Å². The number of anilines is 1. The van der Waals surface area contributed by atoms with Gasteiger partial charge in [-0.05, 0) is 30.4 Å². The molecular weight excluding hydrogens is 296 g/mol. The summed E-state index contributed by atoms with van der Waals surface area (Å²) in [6, 6.07) is 10.2. The molecule has 0 aliphatic carbocycles. The first-order valence-corrected chi connectivity index (χ1v) is 8.32. The molecule has 116 valence electrons. The van der Waals surface area contributed by atoms with Crippen molar-refractivity contribution in [2.45, 2.75) is 31.1 Å². The minimum Gasteiger partial charge on any atom is -0.467 e. The number of carbonyl (C=O) groups is 1. The highest BCUT2D eigenvalue weighted by molar-refractivity contribution is 8.05. The van der Waals surface area contributed by atoms with Crippen molar-refractivity contribution in [1.82, 2.24) is 0 Å². The molecule has 0 aromatic heterocycles. The minimum atomic E-state index is -0.842.